The van der Waals surface area contributed by atoms with E-state index < -0.39 is 5.97 Å². The average Bonchev–Trinajstić information content (AvgIpc) is 2.57. The van der Waals surface area contributed by atoms with Gasteiger partial charge in [-0.2, -0.15) is 4.98 Å². The van der Waals surface area contributed by atoms with Crippen molar-refractivity contribution in [3.8, 4) is 0 Å². The maximum atomic E-state index is 11.4. The molecule has 2 aromatic heterocycles. The first-order valence-electron chi connectivity index (χ1n) is 4.25. The van der Waals surface area contributed by atoms with Crippen molar-refractivity contribution in [1.82, 2.24) is 19.6 Å². The zero-order chi connectivity index (χ0) is 10.8. The van der Waals surface area contributed by atoms with Crippen LogP contribution in [0.2, 0.25) is 0 Å². The van der Waals surface area contributed by atoms with Crippen LogP contribution in [0.5, 0.6) is 0 Å². The van der Waals surface area contributed by atoms with Crippen LogP contribution in [0.4, 0.5) is 0 Å². The first-order chi connectivity index (χ1) is 7.20. The highest BCUT2D eigenvalue weighted by Gasteiger charge is 2.09. The molecule has 2 heterocycles. The van der Waals surface area contributed by atoms with Crippen LogP contribution >= 0.6 is 15.9 Å². The van der Waals surface area contributed by atoms with E-state index in [1.54, 1.807) is 6.92 Å². The van der Waals surface area contributed by atoms with Crippen molar-refractivity contribution in [1.29, 1.82) is 0 Å². The van der Waals surface area contributed by atoms with Crippen molar-refractivity contribution in [3.05, 3.63) is 22.7 Å². The lowest BCUT2D eigenvalue weighted by Gasteiger charge is -2.00. The third-order valence-electron chi connectivity index (χ3n) is 1.68. The number of rotatable bonds is 2. The number of aromatic nitrogens is 4. The lowest BCUT2D eigenvalue weighted by Crippen LogP contribution is -2.07. The van der Waals surface area contributed by atoms with Gasteiger partial charge in [-0.15, -0.1) is 5.10 Å². The van der Waals surface area contributed by atoms with Crippen molar-refractivity contribution in [2.75, 3.05) is 6.61 Å². The third kappa shape index (κ3) is 1.96. The van der Waals surface area contributed by atoms with E-state index in [2.05, 4.69) is 31.0 Å². The van der Waals surface area contributed by atoms with Gasteiger partial charge in [-0.3, -0.25) is 0 Å². The van der Waals surface area contributed by atoms with E-state index in [4.69, 9.17) is 4.74 Å². The molecule has 15 heavy (non-hydrogen) atoms. The van der Waals surface area contributed by atoms with Crippen molar-refractivity contribution in [3.63, 3.8) is 0 Å². The van der Waals surface area contributed by atoms with Crippen molar-refractivity contribution in [2.45, 2.75) is 6.92 Å². The number of halogens is 1. The van der Waals surface area contributed by atoms with Crippen molar-refractivity contribution >= 4 is 27.7 Å². The minimum absolute atomic E-state index is 0.331. The fourth-order valence-electron chi connectivity index (χ4n) is 1.08. The fourth-order valence-corrected chi connectivity index (χ4v) is 1.41. The molecule has 0 saturated heterocycles. The lowest BCUT2D eigenvalue weighted by molar-refractivity contribution is 0.0525. The van der Waals surface area contributed by atoms with E-state index in [0.717, 1.165) is 0 Å². The van der Waals surface area contributed by atoms with Crippen molar-refractivity contribution < 1.29 is 9.53 Å². The van der Waals surface area contributed by atoms with Crippen LogP contribution in [0.15, 0.2) is 17.1 Å². The van der Waals surface area contributed by atoms with E-state index in [1.165, 1.54) is 16.9 Å². The van der Waals surface area contributed by atoms with Gasteiger partial charge in [-0.1, -0.05) is 0 Å². The molecular formula is C8H7BrN4O2. The highest BCUT2D eigenvalue weighted by Crippen LogP contribution is 2.06. The normalized spacial score (nSPS) is 10.5. The predicted octanol–water partition coefficient (Wildman–Crippen LogP) is 1.06. The molecule has 6 nitrogen and oxygen atoms in total. The molecule has 0 radical (unpaired) electrons. The molecule has 0 spiro atoms. The summed E-state index contributed by atoms with van der Waals surface area (Å²) in [6.07, 6.45) is 2.94. The molecular weight excluding hydrogens is 264 g/mol. The molecule has 0 aliphatic heterocycles. The molecule has 2 rings (SSSR count). The standard InChI is InChI=1S/C8H7BrN4O2/c1-2-15-6(14)5-3-10-8-11-7(9)12-13(8)4-5/h3-4H,2H2,1H3. The van der Waals surface area contributed by atoms with E-state index in [-0.39, 0.29) is 0 Å². The summed E-state index contributed by atoms with van der Waals surface area (Å²) in [5.74, 6) is 0.00782. The van der Waals surface area contributed by atoms with Gasteiger partial charge in [0, 0.05) is 12.4 Å². The Hall–Kier alpha value is -1.50. The highest BCUT2D eigenvalue weighted by molar-refractivity contribution is 9.10. The van der Waals surface area contributed by atoms with Gasteiger partial charge < -0.3 is 4.74 Å². The Labute approximate surface area is 93.4 Å². The van der Waals surface area contributed by atoms with Crippen LogP contribution in [0.3, 0.4) is 0 Å². The first kappa shape index (κ1) is 10.0. The topological polar surface area (TPSA) is 69.4 Å². The Morgan fingerprint density at radius 1 is 1.67 bits per heavy atom. The monoisotopic (exact) mass is 270 g/mol. The summed E-state index contributed by atoms with van der Waals surface area (Å²) < 4.78 is 6.67. The fraction of sp³-hybridized carbons (Fsp3) is 0.250. The SMILES string of the molecule is CCOC(=O)c1cnc2nc(Br)nn2c1. The lowest BCUT2D eigenvalue weighted by atomic mass is 10.3. The zero-order valence-electron chi connectivity index (χ0n) is 7.85. The molecule has 0 saturated carbocycles. The molecule has 0 atom stereocenters. The van der Waals surface area contributed by atoms with Gasteiger partial charge in [0.1, 0.15) is 0 Å². The van der Waals surface area contributed by atoms with Gasteiger partial charge >= 0.3 is 5.97 Å². The van der Waals surface area contributed by atoms with E-state index in [9.17, 15) is 4.79 Å². The van der Waals surface area contributed by atoms with Gasteiger partial charge in [-0.25, -0.2) is 14.3 Å². The summed E-state index contributed by atoms with van der Waals surface area (Å²) in [6.45, 7) is 2.08. The quantitative estimate of drug-likeness (QED) is 0.764. The Bertz CT molecular complexity index is 510. The second-order valence-corrected chi connectivity index (χ2v) is 3.40. The minimum atomic E-state index is -0.418. The molecule has 78 valence electrons. The molecule has 0 amide bonds. The Balaban J connectivity index is 2.41. The first-order valence-corrected chi connectivity index (χ1v) is 5.05. The molecule has 0 N–H and O–H groups in total. The number of carbonyl (C=O) groups excluding carboxylic acids is 1. The molecule has 2 aromatic rings. The zero-order valence-corrected chi connectivity index (χ0v) is 9.43. The van der Waals surface area contributed by atoms with Gasteiger partial charge in [0.15, 0.2) is 0 Å². The summed E-state index contributed by atoms with van der Waals surface area (Å²) in [4.78, 5) is 19.3. The number of nitrogens with zero attached hydrogens (tertiary/aromatic N) is 4. The second kappa shape index (κ2) is 3.93. The third-order valence-corrected chi connectivity index (χ3v) is 2.01. The summed E-state index contributed by atoms with van der Waals surface area (Å²) in [5, 5.41) is 3.97. The van der Waals surface area contributed by atoms with E-state index >= 15 is 0 Å². The van der Waals surface area contributed by atoms with E-state index in [0.29, 0.717) is 22.7 Å². The van der Waals surface area contributed by atoms with Crippen LogP contribution in [-0.2, 0) is 4.74 Å². The summed E-state index contributed by atoms with van der Waals surface area (Å²) in [5.41, 5.74) is 0.349. The van der Waals surface area contributed by atoms with Gasteiger partial charge in [0.05, 0.1) is 12.2 Å². The van der Waals surface area contributed by atoms with E-state index in [1.807, 2.05) is 0 Å². The molecule has 0 aliphatic rings. The molecule has 7 heteroatoms. The summed E-state index contributed by atoms with van der Waals surface area (Å²) >= 11 is 3.12. The number of carbonyl (C=O) groups is 1. The number of fused-ring (bicyclic) bond motifs is 1. The maximum absolute atomic E-state index is 11.4. The van der Waals surface area contributed by atoms with Gasteiger partial charge in [0.2, 0.25) is 4.73 Å². The van der Waals surface area contributed by atoms with Gasteiger partial charge in [0.25, 0.3) is 5.78 Å². The van der Waals surface area contributed by atoms with Crippen molar-refractivity contribution in [2.24, 2.45) is 0 Å². The molecule has 0 aromatic carbocycles. The summed E-state index contributed by atoms with van der Waals surface area (Å²) in [6, 6.07) is 0. The predicted molar refractivity (Wildman–Crippen MR) is 54.4 cm³/mol. The Kier molecular flexibility index (Phi) is 2.63. The van der Waals surface area contributed by atoms with Gasteiger partial charge in [-0.05, 0) is 22.9 Å². The van der Waals surface area contributed by atoms with Crippen LogP contribution < -0.4 is 0 Å². The highest BCUT2D eigenvalue weighted by atomic mass is 79.9. The Morgan fingerprint density at radius 2 is 2.47 bits per heavy atom. The Morgan fingerprint density at radius 3 is 3.20 bits per heavy atom. The molecule has 0 bridgehead atoms. The number of esters is 1. The molecule has 0 unspecified atom stereocenters. The largest absolute Gasteiger partial charge is 0.462 e. The number of ether oxygens (including phenoxy) is 1. The maximum Gasteiger partial charge on any atom is 0.341 e. The summed E-state index contributed by atoms with van der Waals surface area (Å²) in [7, 11) is 0. The smallest absolute Gasteiger partial charge is 0.341 e. The van der Waals surface area contributed by atoms with Crippen LogP contribution in [0.1, 0.15) is 17.3 Å². The number of hydrogen-bond acceptors (Lipinski definition) is 5. The average molecular weight is 271 g/mol. The minimum Gasteiger partial charge on any atom is -0.462 e. The van der Waals surface area contributed by atoms with Crippen LogP contribution in [0, 0.1) is 0 Å². The van der Waals surface area contributed by atoms with Crippen LogP contribution in [-0.4, -0.2) is 32.2 Å². The van der Waals surface area contributed by atoms with Crippen LogP contribution in [0.25, 0.3) is 5.78 Å². The second-order valence-electron chi connectivity index (χ2n) is 2.69. The molecule has 0 fully saturated rings. The number of hydrogen-bond donors (Lipinski definition) is 0. The molecule has 0 aliphatic carbocycles.